The number of nitrogens with zero attached hydrogens (tertiary/aromatic N) is 2. The monoisotopic (exact) mass is 339 g/mol. The third kappa shape index (κ3) is 3.64. The van der Waals surface area contributed by atoms with Gasteiger partial charge in [-0.15, -0.1) is 0 Å². The lowest BCUT2D eigenvalue weighted by molar-refractivity contribution is 0.0915. The summed E-state index contributed by atoms with van der Waals surface area (Å²) in [6.45, 7) is 3.64. The van der Waals surface area contributed by atoms with Gasteiger partial charge in [0, 0.05) is 6.20 Å². The smallest absolute Gasteiger partial charge is 0.255 e. The van der Waals surface area contributed by atoms with Gasteiger partial charge in [0.25, 0.3) is 5.91 Å². The van der Waals surface area contributed by atoms with Gasteiger partial charge < -0.3 is 14.8 Å². The van der Waals surface area contributed by atoms with Crippen molar-refractivity contribution in [3.8, 4) is 17.1 Å². The van der Waals surface area contributed by atoms with Gasteiger partial charge in [-0.25, -0.2) is 4.68 Å². The fraction of sp³-hybridized carbons (Fsp3) is 0.263. The lowest BCUT2D eigenvalue weighted by atomic mass is 10.1. The average molecular weight is 339 g/mol. The standard InChI is InChI=1S/C19H21N3O3/c1-3-14(12-23)20-19(24)16-11-22(15-7-5-4-6-8-15)21-18(16)17-10-9-13(2)25-17/h4-11,14,23H,3,12H2,1-2H3,(H,20,24). The van der Waals surface area contributed by atoms with E-state index in [1.165, 1.54) is 0 Å². The highest BCUT2D eigenvalue weighted by molar-refractivity contribution is 5.99. The van der Waals surface area contributed by atoms with Gasteiger partial charge in [0.15, 0.2) is 5.76 Å². The summed E-state index contributed by atoms with van der Waals surface area (Å²) in [6.07, 6.45) is 2.33. The first-order chi connectivity index (χ1) is 12.1. The number of para-hydroxylation sites is 1. The van der Waals surface area contributed by atoms with Gasteiger partial charge in [-0.2, -0.15) is 5.10 Å². The number of aliphatic hydroxyl groups excluding tert-OH is 1. The summed E-state index contributed by atoms with van der Waals surface area (Å²) in [5.41, 5.74) is 1.73. The molecule has 6 nitrogen and oxygen atoms in total. The maximum atomic E-state index is 12.7. The van der Waals surface area contributed by atoms with E-state index in [-0.39, 0.29) is 18.6 Å². The van der Waals surface area contributed by atoms with Crippen molar-refractivity contribution < 1.29 is 14.3 Å². The Morgan fingerprint density at radius 1 is 1.28 bits per heavy atom. The normalized spacial score (nSPS) is 12.1. The SMILES string of the molecule is CCC(CO)NC(=O)c1cn(-c2ccccc2)nc1-c1ccc(C)o1. The van der Waals surface area contributed by atoms with E-state index in [4.69, 9.17) is 4.42 Å². The van der Waals surface area contributed by atoms with Gasteiger partial charge in [-0.05, 0) is 37.6 Å². The topological polar surface area (TPSA) is 80.3 Å². The molecule has 2 heterocycles. The summed E-state index contributed by atoms with van der Waals surface area (Å²) >= 11 is 0. The predicted molar refractivity (Wildman–Crippen MR) is 94.6 cm³/mol. The fourth-order valence-corrected chi connectivity index (χ4v) is 2.54. The van der Waals surface area contributed by atoms with Gasteiger partial charge in [-0.3, -0.25) is 4.79 Å². The molecule has 2 N–H and O–H groups in total. The molecule has 0 fully saturated rings. The van der Waals surface area contributed by atoms with E-state index in [2.05, 4.69) is 10.4 Å². The summed E-state index contributed by atoms with van der Waals surface area (Å²) in [5.74, 6) is 0.999. The number of nitrogens with one attached hydrogen (secondary N) is 1. The van der Waals surface area contributed by atoms with Crippen LogP contribution in [-0.2, 0) is 0 Å². The molecule has 1 atom stereocenters. The number of rotatable bonds is 6. The molecule has 0 aliphatic rings. The lowest BCUT2D eigenvalue weighted by Gasteiger charge is -2.13. The fourth-order valence-electron chi connectivity index (χ4n) is 2.54. The molecule has 0 saturated carbocycles. The van der Waals surface area contributed by atoms with Crippen LogP contribution in [0.5, 0.6) is 0 Å². The van der Waals surface area contributed by atoms with E-state index in [1.807, 2.05) is 50.2 Å². The molecular weight excluding hydrogens is 318 g/mol. The highest BCUT2D eigenvalue weighted by atomic mass is 16.3. The first kappa shape index (κ1) is 17.0. The van der Waals surface area contributed by atoms with Crippen molar-refractivity contribution in [1.29, 1.82) is 0 Å². The average Bonchev–Trinajstić information content (AvgIpc) is 3.26. The predicted octanol–water partition coefficient (Wildman–Crippen LogP) is 2.94. The number of furan rings is 1. The number of hydrogen-bond donors (Lipinski definition) is 2. The van der Waals surface area contributed by atoms with E-state index >= 15 is 0 Å². The van der Waals surface area contributed by atoms with Gasteiger partial charge in [0.05, 0.1) is 23.9 Å². The van der Waals surface area contributed by atoms with Crippen molar-refractivity contribution in [2.24, 2.45) is 0 Å². The van der Waals surface area contributed by atoms with Crippen molar-refractivity contribution >= 4 is 5.91 Å². The summed E-state index contributed by atoms with van der Waals surface area (Å²) in [7, 11) is 0. The van der Waals surface area contributed by atoms with Crippen LogP contribution in [-0.4, -0.2) is 33.4 Å². The number of aliphatic hydroxyl groups is 1. The first-order valence-electron chi connectivity index (χ1n) is 8.26. The van der Waals surface area contributed by atoms with Gasteiger partial charge in [-0.1, -0.05) is 25.1 Å². The van der Waals surface area contributed by atoms with Gasteiger partial charge in [0.2, 0.25) is 0 Å². The van der Waals surface area contributed by atoms with Crippen LogP contribution >= 0.6 is 0 Å². The molecule has 3 aromatic rings. The molecule has 1 amide bonds. The number of aromatic nitrogens is 2. The Morgan fingerprint density at radius 3 is 2.64 bits per heavy atom. The maximum absolute atomic E-state index is 12.7. The van der Waals surface area contributed by atoms with E-state index in [0.717, 1.165) is 11.4 Å². The number of carbonyl (C=O) groups excluding carboxylic acids is 1. The van der Waals surface area contributed by atoms with Gasteiger partial charge >= 0.3 is 0 Å². The molecule has 0 aliphatic heterocycles. The number of hydrogen-bond acceptors (Lipinski definition) is 4. The quantitative estimate of drug-likeness (QED) is 0.723. The number of benzene rings is 1. The molecule has 0 spiro atoms. The highest BCUT2D eigenvalue weighted by Crippen LogP contribution is 2.25. The number of amides is 1. The van der Waals surface area contributed by atoms with E-state index in [1.54, 1.807) is 16.9 Å². The second-order valence-electron chi connectivity index (χ2n) is 5.84. The minimum atomic E-state index is -0.293. The summed E-state index contributed by atoms with van der Waals surface area (Å²) in [5, 5.41) is 16.7. The Labute approximate surface area is 146 Å². The molecule has 3 rings (SSSR count). The summed E-state index contributed by atoms with van der Waals surface area (Å²) < 4.78 is 7.32. The first-order valence-corrected chi connectivity index (χ1v) is 8.26. The molecule has 130 valence electrons. The highest BCUT2D eigenvalue weighted by Gasteiger charge is 2.22. The van der Waals surface area contributed by atoms with Crippen LogP contribution in [0.25, 0.3) is 17.1 Å². The van der Waals surface area contributed by atoms with Crippen LogP contribution in [0.3, 0.4) is 0 Å². The van der Waals surface area contributed by atoms with Crippen LogP contribution in [0.4, 0.5) is 0 Å². The molecule has 6 heteroatoms. The van der Waals surface area contributed by atoms with E-state index in [0.29, 0.717) is 23.4 Å². The molecule has 2 aromatic heterocycles. The van der Waals surface area contributed by atoms with Crippen molar-refractivity contribution in [2.75, 3.05) is 6.61 Å². The Kier molecular flexibility index (Phi) is 5.00. The van der Waals surface area contributed by atoms with Crippen molar-refractivity contribution in [2.45, 2.75) is 26.3 Å². The summed E-state index contributed by atoms with van der Waals surface area (Å²) in [6, 6.07) is 12.9. The lowest BCUT2D eigenvalue weighted by Crippen LogP contribution is -2.37. The third-order valence-electron chi connectivity index (χ3n) is 4.00. The van der Waals surface area contributed by atoms with Crippen LogP contribution in [0, 0.1) is 6.92 Å². The van der Waals surface area contributed by atoms with E-state index < -0.39 is 0 Å². The Bertz CT molecular complexity index is 848. The molecule has 1 aromatic carbocycles. The van der Waals surface area contributed by atoms with Crippen molar-refractivity contribution in [1.82, 2.24) is 15.1 Å². The molecule has 25 heavy (non-hydrogen) atoms. The third-order valence-corrected chi connectivity index (χ3v) is 4.00. The van der Waals surface area contributed by atoms with Crippen LogP contribution in [0.1, 0.15) is 29.5 Å². The van der Waals surface area contributed by atoms with Crippen LogP contribution in [0.2, 0.25) is 0 Å². The Morgan fingerprint density at radius 2 is 2.04 bits per heavy atom. The van der Waals surface area contributed by atoms with Crippen LogP contribution in [0.15, 0.2) is 53.1 Å². The second kappa shape index (κ2) is 7.36. The Balaban J connectivity index is 2.03. The van der Waals surface area contributed by atoms with Crippen molar-refractivity contribution in [3.63, 3.8) is 0 Å². The zero-order valence-electron chi connectivity index (χ0n) is 14.3. The van der Waals surface area contributed by atoms with Gasteiger partial charge in [0.1, 0.15) is 11.5 Å². The Hall–Kier alpha value is -2.86. The number of carbonyl (C=O) groups is 1. The summed E-state index contributed by atoms with van der Waals surface area (Å²) in [4.78, 5) is 12.7. The maximum Gasteiger partial charge on any atom is 0.255 e. The van der Waals surface area contributed by atoms with Crippen molar-refractivity contribution in [3.05, 3.63) is 60.0 Å². The zero-order chi connectivity index (χ0) is 17.8. The molecule has 0 aliphatic carbocycles. The zero-order valence-corrected chi connectivity index (χ0v) is 14.3. The molecular formula is C19H21N3O3. The molecule has 1 unspecified atom stereocenters. The number of aryl methyl sites for hydroxylation is 1. The largest absolute Gasteiger partial charge is 0.460 e. The molecule has 0 saturated heterocycles. The second-order valence-corrected chi connectivity index (χ2v) is 5.84. The van der Waals surface area contributed by atoms with E-state index in [9.17, 15) is 9.90 Å². The molecule has 0 bridgehead atoms. The minimum Gasteiger partial charge on any atom is -0.460 e. The molecule has 0 radical (unpaired) electrons. The van der Waals surface area contributed by atoms with Crippen LogP contribution < -0.4 is 5.32 Å². The minimum absolute atomic E-state index is 0.107.